The van der Waals surface area contributed by atoms with Gasteiger partial charge in [-0.15, -0.1) is 0 Å². The second-order valence-electron chi connectivity index (χ2n) is 3.62. The van der Waals surface area contributed by atoms with E-state index >= 15 is 0 Å². The summed E-state index contributed by atoms with van der Waals surface area (Å²) in [6.45, 7) is 3.63. The molecule has 15 heavy (non-hydrogen) atoms. The van der Waals surface area contributed by atoms with Crippen molar-refractivity contribution < 1.29 is 9.50 Å². The standard InChI is InChI=1S/C11H15ClFNO/c1-6-5-8(12)7(2)10(11(6)13)9(15)3-4-14/h5,9,15H,3-4,14H2,1-2H3. The number of hydrogen-bond donors (Lipinski definition) is 2. The molecule has 1 aromatic rings. The maximum Gasteiger partial charge on any atom is 0.132 e. The van der Waals surface area contributed by atoms with Gasteiger partial charge in [0.15, 0.2) is 0 Å². The molecule has 0 saturated carbocycles. The molecule has 0 aliphatic heterocycles. The van der Waals surface area contributed by atoms with Crippen molar-refractivity contribution in [2.75, 3.05) is 6.54 Å². The van der Waals surface area contributed by atoms with Crippen molar-refractivity contribution in [1.29, 1.82) is 0 Å². The van der Waals surface area contributed by atoms with Gasteiger partial charge >= 0.3 is 0 Å². The van der Waals surface area contributed by atoms with Gasteiger partial charge in [0.2, 0.25) is 0 Å². The summed E-state index contributed by atoms with van der Waals surface area (Å²) in [5.74, 6) is -0.391. The number of aliphatic hydroxyl groups is 1. The van der Waals surface area contributed by atoms with E-state index in [4.69, 9.17) is 17.3 Å². The Kier molecular flexibility index (Phi) is 4.08. The van der Waals surface area contributed by atoms with Crippen molar-refractivity contribution in [3.8, 4) is 0 Å². The highest BCUT2D eigenvalue weighted by atomic mass is 35.5. The van der Waals surface area contributed by atoms with E-state index in [0.717, 1.165) is 0 Å². The lowest BCUT2D eigenvalue weighted by atomic mass is 9.98. The average Bonchev–Trinajstić information content (AvgIpc) is 2.16. The Balaban J connectivity index is 3.26. The predicted octanol–water partition coefficient (Wildman–Crippen LogP) is 2.48. The average molecular weight is 232 g/mol. The van der Waals surface area contributed by atoms with E-state index in [1.54, 1.807) is 19.9 Å². The van der Waals surface area contributed by atoms with E-state index in [9.17, 15) is 9.50 Å². The number of nitrogens with two attached hydrogens (primary N) is 1. The van der Waals surface area contributed by atoms with Crippen molar-refractivity contribution in [2.45, 2.75) is 26.4 Å². The van der Waals surface area contributed by atoms with E-state index in [0.29, 0.717) is 29.1 Å². The zero-order chi connectivity index (χ0) is 11.6. The third-order valence-corrected chi connectivity index (χ3v) is 2.85. The molecular formula is C11H15ClFNO. The fourth-order valence-electron chi connectivity index (χ4n) is 1.57. The minimum absolute atomic E-state index is 0.269. The molecule has 4 heteroatoms. The van der Waals surface area contributed by atoms with Gasteiger partial charge in [-0.05, 0) is 44.0 Å². The van der Waals surface area contributed by atoms with Crippen molar-refractivity contribution in [1.82, 2.24) is 0 Å². The minimum Gasteiger partial charge on any atom is -0.388 e. The van der Waals surface area contributed by atoms with Crippen molar-refractivity contribution in [3.63, 3.8) is 0 Å². The fourth-order valence-corrected chi connectivity index (χ4v) is 1.83. The van der Waals surface area contributed by atoms with Crippen LogP contribution in [0.2, 0.25) is 5.02 Å². The van der Waals surface area contributed by atoms with Gasteiger partial charge in [-0.3, -0.25) is 0 Å². The molecule has 2 nitrogen and oxygen atoms in total. The highest BCUT2D eigenvalue weighted by molar-refractivity contribution is 6.31. The first-order chi connectivity index (χ1) is 6.99. The first-order valence-corrected chi connectivity index (χ1v) is 5.20. The molecule has 0 aromatic heterocycles. The lowest BCUT2D eigenvalue weighted by Gasteiger charge is -2.16. The lowest BCUT2D eigenvalue weighted by Crippen LogP contribution is -2.10. The topological polar surface area (TPSA) is 46.2 Å². The Hall–Kier alpha value is -0.640. The zero-order valence-corrected chi connectivity index (χ0v) is 9.61. The normalized spacial score (nSPS) is 12.9. The Morgan fingerprint density at radius 2 is 2.13 bits per heavy atom. The summed E-state index contributed by atoms with van der Waals surface area (Å²) in [7, 11) is 0. The van der Waals surface area contributed by atoms with Crippen LogP contribution in [0.4, 0.5) is 4.39 Å². The van der Waals surface area contributed by atoms with Crippen LogP contribution in [-0.2, 0) is 0 Å². The minimum atomic E-state index is -0.882. The molecule has 84 valence electrons. The van der Waals surface area contributed by atoms with Crippen LogP contribution in [0, 0.1) is 19.7 Å². The Labute approximate surface area is 93.9 Å². The summed E-state index contributed by atoms with van der Waals surface area (Å²) < 4.78 is 13.8. The molecule has 0 aliphatic carbocycles. The Morgan fingerprint density at radius 3 is 2.67 bits per heavy atom. The van der Waals surface area contributed by atoms with Crippen LogP contribution < -0.4 is 5.73 Å². The van der Waals surface area contributed by atoms with Crippen LogP contribution in [0.3, 0.4) is 0 Å². The fraction of sp³-hybridized carbons (Fsp3) is 0.455. The monoisotopic (exact) mass is 231 g/mol. The van der Waals surface area contributed by atoms with Crippen LogP contribution in [0.5, 0.6) is 0 Å². The smallest absolute Gasteiger partial charge is 0.132 e. The molecule has 1 unspecified atom stereocenters. The molecule has 0 saturated heterocycles. The molecule has 0 bridgehead atoms. The molecule has 0 amide bonds. The van der Waals surface area contributed by atoms with Gasteiger partial charge in [0.1, 0.15) is 5.82 Å². The molecular weight excluding hydrogens is 217 g/mol. The predicted molar refractivity (Wildman–Crippen MR) is 59.5 cm³/mol. The molecule has 1 rings (SSSR count). The first kappa shape index (κ1) is 12.4. The molecule has 3 N–H and O–H groups in total. The maximum absolute atomic E-state index is 13.8. The van der Waals surface area contributed by atoms with Crippen molar-refractivity contribution in [3.05, 3.63) is 33.6 Å². The van der Waals surface area contributed by atoms with Gasteiger partial charge in [-0.1, -0.05) is 11.6 Å². The van der Waals surface area contributed by atoms with E-state index < -0.39 is 11.9 Å². The van der Waals surface area contributed by atoms with Gasteiger partial charge < -0.3 is 10.8 Å². The number of aliphatic hydroxyl groups excluding tert-OH is 1. The van der Waals surface area contributed by atoms with E-state index in [1.165, 1.54) is 0 Å². The quantitative estimate of drug-likeness (QED) is 0.840. The second-order valence-corrected chi connectivity index (χ2v) is 4.03. The summed E-state index contributed by atoms with van der Waals surface area (Å²) in [6, 6.07) is 1.56. The van der Waals surface area contributed by atoms with Crippen LogP contribution in [0.15, 0.2) is 6.07 Å². The largest absolute Gasteiger partial charge is 0.388 e. The SMILES string of the molecule is Cc1cc(Cl)c(C)c(C(O)CCN)c1F. The first-order valence-electron chi connectivity index (χ1n) is 4.82. The molecule has 0 spiro atoms. The second kappa shape index (κ2) is 4.92. The van der Waals surface area contributed by atoms with E-state index in [-0.39, 0.29) is 5.56 Å². The summed E-state index contributed by atoms with van der Waals surface area (Å²) in [4.78, 5) is 0. The summed E-state index contributed by atoms with van der Waals surface area (Å²) >= 11 is 5.93. The summed E-state index contributed by atoms with van der Waals surface area (Å²) in [5.41, 5.74) is 6.62. The number of halogens is 2. The van der Waals surface area contributed by atoms with E-state index in [2.05, 4.69) is 0 Å². The third kappa shape index (κ3) is 2.48. The van der Waals surface area contributed by atoms with Crippen LogP contribution in [0.25, 0.3) is 0 Å². The van der Waals surface area contributed by atoms with Crippen LogP contribution in [0.1, 0.15) is 29.2 Å². The Morgan fingerprint density at radius 1 is 1.53 bits per heavy atom. The number of benzene rings is 1. The zero-order valence-electron chi connectivity index (χ0n) is 8.85. The van der Waals surface area contributed by atoms with E-state index in [1.807, 2.05) is 0 Å². The molecule has 0 fully saturated rings. The molecule has 1 aromatic carbocycles. The van der Waals surface area contributed by atoms with Crippen LogP contribution in [-0.4, -0.2) is 11.7 Å². The van der Waals surface area contributed by atoms with Gasteiger partial charge in [-0.2, -0.15) is 0 Å². The Bertz CT molecular complexity index is 342. The summed E-state index contributed by atoms with van der Waals surface area (Å²) in [6.07, 6.45) is -0.551. The van der Waals surface area contributed by atoms with Gasteiger partial charge in [-0.25, -0.2) is 4.39 Å². The number of rotatable bonds is 3. The number of aryl methyl sites for hydroxylation is 1. The molecule has 0 heterocycles. The van der Waals surface area contributed by atoms with Gasteiger partial charge in [0.05, 0.1) is 6.10 Å². The van der Waals surface area contributed by atoms with Gasteiger partial charge in [0.25, 0.3) is 0 Å². The maximum atomic E-state index is 13.8. The number of hydrogen-bond acceptors (Lipinski definition) is 2. The molecule has 0 radical (unpaired) electrons. The lowest BCUT2D eigenvalue weighted by molar-refractivity contribution is 0.164. The highest BCUT2D eigenvalue weighted by Gasteiger charge is 2.18. The van der Waals surface area contributed by atoms with Crippen molar-refractivity contribution >= 4 is 11.6 Å². The van der Waals surface area contributed by atoms with Crippen LogP contribution >= 0.6 is 11.6 Å². The van der Waals surface area contributed by atoms with Crippen molar-refractivity contribution in [2.24, 2.45) is 5.73 Å². The van der Waals surface area contributed by atoms with Gasteiger partial charge in [0, 0.05) is 10.6 Å². The summed E-state index contributed by atoms with van der Waals surface area (Å²) in [5, 5.41) is 10.2. The third-order valence-electron chi connectivity index (χ3n) is 2.46. The molecule has 0 aliphatic rings. The highest BCUT2D eigenvalue weighted by Crippen LogP contribution is 2.30. The molecule has 1 atom stereocenters.